The maximum Gasteiger partial charge on any atom is 0.205 e. The monoisotopic (exact) mass is 360 g/mol. The lowest BCUT2D eigenvalue weighted by molar-refractivity contribution is -0.575. The number of rotatable bonds is 2. The fourth-order valence-corrected chi connectivity index (χ4v) is 5.64. The molecule has 5 fully saturated rings. The van der Waals surface area contributed by atoms with Crippen molar-refractivity contribution in [3.8, 4) is 5.75 Å². The van der Waals surface area contributed by atoms with Gasteiger partial charge < -0.3 is 14.2 Å². The molecule has 0 aromatic heterocycles. The lowest BCUT2D eigenvalue weighted by atomic mass is 9.58. The molecule has 1 aromatic rings. The van der Waals surface area contributed by atoms with Gasteiger partial charge in [-0.15, -0.1) is 0 Å². The van der Waals surface area contributed by atoms with Crippen LogP contribution < -0.4 is 4.74 Å². The summed E-state index contributed by atoms with van der Waals surface area (Å²) in [5.41, 5.74) is -0.524. The maximum absolute atomic E-state index is 6.41. The van der Waals surface area contributed by atoms with Crippen molar-refractivity contribution in [1.29, 1.82) is 0 Å². The Labute approximate surface area is 154 Å². The van der Waals surface area contributed by atoms with Crippen LogP contribution in [0.25, 0.3) is 0 Å². The SMILES string of the molecule is C[C@@H]1CC[C@H]2[C@@H](C)C(Oc3ccccc3)O[C@@H]3O[C@]4(C)CC[C@@H]1[C@]32OO4. The van der Waals surface area contributed by atoms with Gasteiger partial charge in [0.2, 0.25) is 12.1 Å². The summed E-state index contributed by atoms with van der Waals surface area (Å²) >= 11 is 0. The number of hydrogen-bond acceptors (Lipinski definition) is 5. The van der Waals surface area contributed by atoms with Crippen molar-refractivity contribution in [3.63, 3.8) is 0 Å². The number of fused-ring (bicyclic) bond motifs is 2. The highest BCUT2D eigenvalue weighted by molar-refractivity contribution is 5.21. The largest absolute Gasteiger partial charge is 0.465 e. The van der Waals surface area contributed by atoms with Gasteiger partial charge in [-0.1, -0.05) is 32.0 Å². The van der Waals surface area contributed by atoms with Crippen molar-refractivity contribution < 1.29 is 24.0 Å². The predicted octanol–water partition coefficient (Wildman–Crippen LogP) is 4.27. The Morgan fingerprint density at radius 1 is 1.00 bits per heavy atom. The molecule has 2 bridgehead atoms. The average Bonchev–Trinajstić information content (AvgIpc) is 2.86. The van der Waals surface area contributed by atoms with Crippen LogP contribution in [0.2, 0.25) is 0 Å². The topological polar surface area (TPSA) is 46.2 Å². The maximum atomic E-state index is 6.41. The number of hydrogen-bond donors (Lipinski definition) is 0. The lowest BCUT2D eigenvalue weighted by Gasteiger charge is -2.60. The van der Waals surface area contributed by atoms with Gasteiger partial charge in [-0.05, 0) is 50.2 Å². The Hall–Kier alpha value is -1.14. The highest BCUT2D eigenvalue weighted by Crippen LogP contribution is 2.60. The van der Waals surface area contributed by atoms with Crippen LogP contribution in [0.5, 0.6) is 5.75 Å². The Bertz CT molecular complexity index is 666. The van der Waals surface area contributed by atoms with Gasteiger partial charge >= 0.3 is 0 Å². The summed E-state index contributed by atoms with van der Waals surface area (Å²) in [5.74, 6) is 1.52. The van der Waals surface area contributed by atoms with Gasteiger partial charge in [0.25, 0.3) is 0 Å². The first-order valence-corrected chi connectivity index (χ1v) is 9.94. The number of para-hydroxylation sites is 1. The van der Waals surface area contributed by atoms with Crippen LogP contribution in [0.1, 0.15) is 46.5 Å². The first-order valence-electron chi connectivity index (χ1n) is 9.94. The fourth-order valence-electron chi connectivity index (χ4n) is 5.64. The molecule has 5 heteroatoms. The minimum Gasteiger partial charge on any atom is -0.465 e. The minimum atomic E-state index is -0.741. The zero-order valence-electron chi connectivity index (χ0n) is 15.7. The van der Waals surface area contributed by atoms with Crippen molar-refractivity contribution in [2.75, 3.05) is 0 Å². The standard InChI is InChI=1S/C21H28O5/c1-13-9-10-17-14(2)18(22-15-7-5-4-6-8-15)23-19-21(17)16(13)11-12-20(3,24-19)25-26-21/h4-8,13-14,16-19H,9-12H2,1-3H3/t13-,14-,16+,17+,18?,19-,20+,21-/m1/s1. The van der Waals surface area contributed by atoms with Crippen LogP contribution in [-0.2, 0) is 19.2 Å². The summed E-state index contributed by atoms with van der Waals surface area (Å²) in [5, 5.41) is 0. The molecule has 5 aliphatic rings. The molecule has 0 amide bonds. The normalized spacial score (nSPS) is 50.0. The van der Waals surface area contributed by atoms with Crippen LogP contribution in [0.15, 0.2) is 30.3 Å². The van der Waals surface area contributed by atoms with E-state index < -0.39 is 17.7 Å². The second kappa shape index (κ2) is 5.93. The van der Waals surface area contributed by atoms with Crippen molar-refractivity contribution in [2.45, 2.75) is 70.4 Å². The third-order valence-electron chi connectivity index (χ3n) is 7.09. The molecule has 6 rings (SSSR count). The molecule has 1 aromatic carbocycles. The van der Waals surface area contributed by atoms with E-state index in [9.17, 15) is 0 Å². The van der Waals surface area contributed by atoms with Crippen molar-refractivity contribution in [3.05, 3.63) is 30.3 Å². The number of benzene rings is 1. The molecule has 1 saturated carbocycles. The van der Waals surface area contributed by atoms with Gasteiger partial charge in [-0.2, -0.15) is 0 Å². The van der Waals surface area contributed by atoms with E-state index in [2.05, 4.69) is 13.8 Å². The van der Waals surface area contributed by atoms with E-state index in [4.69, 9.17) is 24.0 Å². The average molecular weight is 360 g/mol. The molecule has 0 radical (unpaired) electrons. The van der Waals surface area contributed by atoms with Gasteiger partial charge in [-0.3, -0.25) is 0 Å². The summed E-state index contributed by atoms with van der Waals surface area (Å²) in [7, 11) is 0. The van der Waals surface area contributed by atoms with Crippen molar-refractivity contribution in [1.82, 2.24) is 0 Å². The zero-order chi connectivity index (χ0) is 17.9. The minimum absolute atomic E-state index is 0.191. The van der Waals surface area contributed by atoms with Crippen LogP contribution >= 0.6 is 0 Å². The summed E-state index contributed by atoms with van der Waals surface area (Å²) in [6.07, 6.45) is 3.35. The molecule has 26 heavy (non-hydrogen) atoms. The van der Waals surface area contributed by atoms with E-state index in [1.54, 1.807) is 0 Å². The molecule has 0 N–H and O–H groups in total. The molecule has 4 aliphatic heterocycles. The van der Waals surface area contributed by atoms with Gasteiger partial charge in [0.1, 0.15) is 5.75 Å². The highest BCUT2D eigenvalue weighted by atomic mass is 17.3. The fraction of sp³-hybridized carbons (Fsp3) is 0.714. The van der Waals surface area contributed by atoms with Crippen LogP contribution in [-0.4, -0.2) is 24.0 Å². The van der Waals surface area contributed by atoms with E-state index >= 15 is 0 Å². The molecular formula is C21H28O5. The first kappa shape index (κ1) is 17.0. The second-order valence-corrected chi connectivity index (χ2v) is 8.70. The first-order chi connectivity index (χ1) is 12.5. The third kappa shape index (κ3) is 2.37. The van der Waals surface area contributed by atoms with Crippen LogP contribution in [0.4, 0.5) is 0 Å². The van der Waals surface area contributed by atoms with E-state index in [1.807, 2.05) is 37.3 Å². The smallest absolute Gasteiger partial charge is 0.205 e. The van der Waals surface area contributed by atoms with E-state index in [0.717, 1.165) is 25.0 Å². The van der Waals surface area contributed by atoms with Crippen molar-refractivity contribution in [2.24, 2.45) is 23.7 Å². The molecule has 1 unspecified atom stereocenters. The van der Waals surface area contributed by atoms with Gasteiger partial charge in [0, 0.05) is 18.3 Å². The second-order valence-electron chi connectivity index (χ2n) is 8.70. The summed E-state index contributed by atoms with van der Waals surface area (Å²) < 4.78 is 19.0. The summed E-state index contributed by atoms with van der Waals surface area (Å²) in [6.45, 7) is 6.48. The predicted molar refractivity (Wildman–Crippen MR) is 93.9 cm³/mol. The molecule has 8 atom stereocenters. The molecule has 5 nitrogen and oxygen atoms in total. The van der Waals surface area contributed by atoms with Gasteiger partial charge in [0.05, 0.1) is 0 Å². The highest BCUT2D eigenvalue weighted by Gasteiger charge is 2.69. The Morgan fingerprint density at radius 3 is 2.62 bits per heavy atom. The van der Waals surface area contributed by atoms with Crippen molar-refractivity contribution >= 4 is 0 Å². The third-order valence-corrected chi connectivity index (χ3v) is 7.09. The molecular weight excluding hydrogens is 332 g/mol. The lowest BCUT2D eigenvalue weighted by Crippen LogP contribution is -2.70. The van der Waals surface area contributed by atoms with Gasteiger partial charge in [-0.25, -0.2) is 9.78 Å². The Morgan fingerprint density at radius 2 is 1.81 bits per heavy atom. The van der Waals surface area contributed by atoms with E-state index in [1.165, 1.54) is 6.42 Å². The van der Waals surface area contributed by atoms with E-state index in [-0.39, 0.29) is 12.2 Å². The Kier molecular flexibility index (Phi) is 3.87. The van der Waals surface area contributed by atoms with Crippen LogP contribution in [0, 0.1) is 23.7 Å². The summed E-state index contributed by atoms with van der Waals surface area (Å²) in [6, 6.07) is 9.87. The van der Waals surface area contributed by atoms with Crippen LogP contribution in [0.3, 0.4) is 0 Å². The molecule has 4 saturated heterocycles. The zero-order valence-corrected chi connectivity index (χ0v) is 15.7. The summed E-state index contributed by atoms with van der Waals surface area (Å²) in [4.78, 5) is 12.0. The molecule has 4 heterocycles. The molecule has 142 valence electrons. The van der Waals surface area contributed by atoms with Gasteiger partial charge in [0.15, 0.2) is 11.9 Å². The van der Waals surface area contributed by atoms with E-state index in [0.29, 0.717) is 17.8 Å². The molecule has 1 aliphatic carbocycles. The molecule has 1 spiro atoms. The quantitative estimate of drug-likeness (QED) is 0.737. The Balaban J connectivity index is 1.50. The number of ether oxygens (including phenoxy) is 3.